The van der Waals surface area contributed by atoms with Crippen LogP contribution in [0.3, 0.4) is 0 Å². The Kier molecular flexibility index (Phi) is 8.52. The zero-order valence-corrected chi connectivity index (χ0v) is 20.2. The number of carbonyl (C=O) groups excluding carboxylic acids is 2. The molecule has 0 radical (unpaired) electrons. The number of halogens is 1. The number of amides is 2. The molecule has 0 saturated heterocycles. The molecule has 0 aliphatic carbocycles. The topological polar surface area (TPSA) is 150 Å². The van der Waals surface area contributed by atoms with Crippen molar-refractivity contribution >= 4 is 34.0 Å². The fraction of sp³-hybridized carbons (Fsp3) is 0.292. The Balaban J connectivity index is 1.77. The number of nitrogens with two attached hydrogens (primary N) is 1. The molecule has 0 bridgehead atoms. The first-order valence-corrected chi connectivity index (χ1v) is 11.7. The summed E-state index contributed by atoms with van der Waals surface area (Å²) in [7, 11) is 0. The van der Waals surface area contributed by atoms with Crippen molar-refractivity contribution in [1.29, 1.82) is 0 Å². The van der Waals surface area contributed by atoms with Crippen LogP contribution in [0.15, 0.2) is 42.5 Å². The van der Waals surface area contributed by atoms with Crippen LogP contribution < -0.4 is 21.7 Å². The highest BCUT2D eigenvalue weighted by atomic mass is 32.1. The number of nitrogens with zero attached hydrogens (tertiary/aromatic N) is 1. The van der Waals surface area contributed by atoms with Gasteiger partial charge in [-0.05, 0) is 43.7 Å². The molecule has 2 amide bonds. The van der Waals surface area contributed by atoms with Gasteiger partial charge in [-0.2, -0.15) is 0 Å². The standard InChI is InChI=1S/C24H28FN5O4S/c1-24(2,34)14-6-7-16(18(25)10-14)19-11-17(22(26)33)23(35-19)30-20-5-3-4-15(29-20)12-27-13-21(32)28-8-9-31/h3-7,10-11,27,31,34H,8-9,12-13H2,1-2H3,(H2,26,33)(H,28,32)(H,29,30). The minimum absolute atomic E-state index is 0.0667. The van der Waals surface area contributed by atoms with Crippen molar-refractivity contribution in [3.63, 3.8) is 0 Å². The summed E-state index contributed by atoms with van der Waals surface area (Å²) in [5.41, 5.74) is 5.93. The van der Waals surface area contributed by atoms with Crippen LogP contribution in [0.25, 0.3) is 10.4 Å². The largest absolute Gasteiger partial charge is 0.395 e. The van der Waals surface area contributed by atoms with Crippen molar-refractivity contribution in [1.82, 2.24) is 15.6 Å². The molecule has 0 saturated carbocycles. The molecule has 0 unspecified atom stereocenters. The first kappa shape index (κ1) is 26.2. The lowest BCUT2D eigenvalue weighted by Gasteiger charge is -2.18. The van der Waals surface area contributed by atoms with Gasteiger partial charge < -0.3 is 31.9 Å². The molecule has 0 atom stereocenters. The highest BCUT2D eigenvalue weighted by Gasteiger charge is 2.21. The number of thiophene rings is 1. The Labute approximate surface area is 206 Å². The van der Waals surface area contributed by atoms with Gasteiger partial charge in [0.2, 0.25) is 5.91 Å². The summed E-state index contributed by atoms with van der Waals surface area (Å²) >= 11 is 1.16. The lowest BCUT2D eigenvalue weighted by atomic mass is 9.96. The fourth-order valence-electron chi connectivity index (χ4n) is 3.22. The van der Waals surface area contributed by atoms with E-state index >= 15 is 0 Å². The van der Waals surface area contributed by atoms with E-state index in [1.54, 1.807) is 44.2 Å². The Hall–Kier alpha value is -3.38. The van der Waals surface area contributed by atoms with E-state index in [0.717, 1.165) is 11.3 Å². The van der Waals surface area contributed by atoms with Gasteiger partial charge in [-0.1, -0.05) is 18.2 Å². The van der Waals surface area contributed by atoms with E-state index in [9.17, 15) is 19.1 Å². The van der Waals surface area contributed by atoms with E-state index in [4.69, 9.17) is 10.8 Å². The minimum Gasteiger partial charge on any atom is -0.395 e. The number of aliphatic hydroxyl groups is 2. The molecule has 9 nitrogen and oxygen atoms in total. The summed E-state index contributed by atoms with van der Waals surface area (Å²) in [5, 5.41) is 27.9. The van der Waals surface area contributed by atoms with Crippen molar-refractivity contribution in [2.75, 3.05) is 25.0 Å². The molecule has 0 aliphatic rings. The molecule has 0 aliphatic heterocycles. The van der Waals surface area contributed by atoms with E-state index in [1.165, 1.54) is 12.1 Å². The van der Waals surface area contributed by atoms with Crippen molar-refractivity contribution < 1.29 is 24.2 Å². The summed E-state index contributed by atoms with van der Waals surface area (Å²) in [6.45, 7) is 3.59. The fourth-order valence-corrected chi connectivity index (χ4v) is 4.32. The predicted octanol–water partition coefficient (Wildman–Crippen LogP) is 2.22. The molecule has 186 valence electrons. The molecule has 3 rings (SSSR count). The van der Waals surface area contributed by atoms with Crippen LogP contribution in [0.5, 0.6) is 0 Å². The van der Waals surface area contributed by atoms with Gasteiger partial charge in [0.05, 0.1) is 30.0 Å². The van der Waals surface area contributed by atoms with Gasteiger partial charge >= 0.3 is 0 Å². The maximum absolute atomic E-state index is 14.8. The van der Waals surface area contributed by atoms with Crippen molar-refractivity contribution in [3.8, 4) is 10.4 Å². The van der Waals surface area contributed by atoms with Crippen LogP contribution >= 0.6 is 11.3 Å². The van der Waals surface area contributed by atoms with E-state index < -0.39 is 17.3 Å². The Morgan fingerprint density at radius 3 is 2.63 bits per heavy atom. The molecule has 0 spiro atoms. The van der Waals surface area contributed by atoms with E-state index in [2.05, 4.69) is 20.9 Å². The molecule has 7 N–H and O–H groups in total. The third kappa shape index (κ3) is 7.06. The summed E-state index contributed by atoms with van der Waals surface area (Å²) in [6, 6.07) is 11.2. The number of hydrogen-bond donors (Lipinski definition) is 6. The quantitative estimate of drug-likeness (QED) is 0.236. The third-order valence-electron chi connectivity index (χ3n) is 5.01. The maximum Gasteiger partial charge on any atom is 0.251 e. The molecular formula is C24H28FN5O4S. The van der Waals surface area contributed by atoms with E-state index in [1.807, 2.05) is 0 Å². The van der Waals surface area contributed by atoms with Gasteiger partial charge in [0, 0.05) is 23.5 Å². The zero-order chi connectivity index (χ0) is 25.6. The molecule has 0 fully saturated rings. The normalized spacial score (nSPS) is 11.3. The first-order valence-electron chi connectivity index (χ1n) is 10.9. The highest BCUT2D eigenvalue weighted by molar-refractivity contribution is 7.19. The highest BCUT2D eigenvalue weighted by Crippen LogP contribution is 2.38. The second-order valence-corrected chi connectivity index (χ2v) is 9.34. The van der Waals surface area contributed by atoms with Gasteiger partial charge in [0.1, 0.15) is 16.6 Å². The number of rotatable bonds is 11. The monoisotopic (exact) mass is 501 g/mol. The number of primary amides is 1. The van der Waals surface area contributed by atoms with Gasteiger partial charge in [-0.15, -0.1) is 11.3 Å². The molecule has 3 aromatic rings. The Bertz CT molecular complexity index is 1210. The number of aromatic nitrogens is 1. The van der Waals surface area contributed by atoms with Crippen LogP contribution in [0.2, 0.25) is 0 Å². The van der Waals surface area contributed by atoms with Crippen LogP contribution in [0.4, 0.5) is 15.2 Å². The number of aliphatic hydroxyl groups excluding tert-OH is 1. The molecule has 11 heteroatoms. The van der Waals surface area contributed by atoms with Gasteiger partial charge in [0.15, 0.2) is 0 Å². The van der Waals surface area contributed by atoms with Crippen LogP contribution in [0, 0.1) is 5.82 Å². The zero-order valence-electron chi connectivity index (χ0n) is 19.4. The predicted molar refractivity (Wildman–Crippen MR) is 133 cm³/mol. The molecule has 1 aromatic carbocycles. The number of carbonyl (C=O) groups is 2. The van der Waals surface area contributed by atoms with E-state index in [-0.39, 0.29) is 36.7 Å². The maximum atomic E-state index is 14.8. The number of benzene rings is 1. The van der Waals surface area contributed by atoms with Gasteiger partial charge in [-0.3, -0.25) is 9.59 Å². The second-order valence-electron chi connectivity index (χ2n) is 8.29. The summed E-state index contributed by atoms with van der Waals surface area (Å²) in [6.07, 6.45) is 0. The number of anilines is 2. The van der Waals surface area contributed by atoms with Crippen molar-refractivity contribution in [2.45, 2.75) is 26.0 Å². The first-order chi connectivity index (χ1) is 16.6. The van der Waals surface area contributed by atoms with Crippen molar-refractivity contribution in [3.05, 3.63) is 65.1 Å². The second kappa shape index (κ2) is 11.4. The number of hydrogen-bond acceptors (Lipinski definition) is 8. The Morgan fingerprint density at radius 2 is 1.97 bits per heavy atom. The molecule has 2 heterocycles. The average Bonchev–Trinajstić information content (AvgIpc) is 3.21. The summed E-state index contributed by atoms with van der Waals surface area (Å²) in [5.74, 6) is -0.992. The van der Waals surface area contributed by atoms with Gasteiger partial charge in [-0.25, -0.2) is 9.37 Å². The lowest BCUT2D eigenvalue weighted by molar-refractivity contribution is -0.120. The summed E-state index contributed by atoms with van der Waals surface area (Å²) < 4.78 is 14.8. The third-order valence-corrected chi connectivity index (χ3v) is 6.10. The number of nitrogens with one attached hydrogen (secondary N) is 3. The molecule has 2 aromatic heterocycles. The SMILES string of the molecule is CC(C)(O)c1ccc(-c2cc(C(N)=O)c(Nc3cccc(CNCC(=O)NCCO)n3)s2)c(F)c1. The summed E-state index contributed by atoms with van der Waals surface area (Å²) in [4.78, 5) is 28.6. The smallest absolute Gasteiger partial charge is 0.251 e. The minimum atomic E-state index is -1.19. The van der Waals surface area contributed by atoms with Crippen molar-refractivity contribution in [2.24, 2.45) is 5.73 Å². The van der Waals surface area contributed by atoms with Crippen LogP contribution in [-0.2, 0) is 16.9 Å². The number of pyridine rings is 1. The molecule has 35 heavy (non-hydrogen) atoms. The van der Waals surface area contributed by atoms with Gasteiger partial charge in [0.25, 0.3) is 5.91 Å². The van der Waals surface area contributed by atoms with Crippen LogP contribution in [-0.4, -0.2) is 46.7 Å². The lowest BCUT2D eigenvalue weighted by Crippen LogP contribution is -2.35. The molecular weight excluding hydrogens is 473 g/mol. The van der Waals surface area contributed by atoms with Crippen LogP contribution in [0.1, 0.15) is 35.5 Å². The Morgan fingerprint density at radius 1 is 1.20 bits per heavy atom. The van der Waals surface area contributed by atoms with E-state index in [0.29, 0.717) is 33.5 Å². The average molecular weight is 502 g/mol.